The second-order valence-corrected chi connectivity index (χ2v) is 14.9. The number of nitrogens with zero attached hydrogens (tertiary/aromatic N) is 10. The summed E-state index contributed by atoms with van der Waals surface area (Å²) in [6.07, 6.45) is -0.777. The fourth-order valence-corrected chi connectivity index (χ4v) is 8.48. The van der Waals surface area contributed by atoms with E-state index in [0.717, 1.165) is 37.6 Å². The topological polar surface area (TPSA) is 143 Å². The summed E-state index contributed by atoms with van der Waals surface area (Å²) >= 11 is 12.5. The lowest BCUT2D eigenvalue weighted by Gasteiger charge is -2.42. The Morgan fingerprint density at radius 1 is 0.604 bits per heavy atom. The molecule has 53 heavy (non-hydrogen) atoms. The zero-order valence-electron chi connectivity index (χ0n) is 29.6. The Balaban J connectivity index is 0.994. The Labute approximate surface area is 317 Å². The molecular weight excluding hydrogens is 723 g/mol. The number of carbonyl (C=O) groups is 4. The van der Waals surface area contributed by atoms with Crippen molar-refractivity contribution in [2.45, 2.75) is 30.8 Å². The van der Waals surface area contributed by atoms with E-state index in [4.69, 9.17) is 33.2 Å². The summed E-state index contributed by atoms with van der Waals surface area (Å²) in [5, 5.41) is 6.35. The highest BCUT2D eigenvalue weighted by atomic mass is 35.5. The minimum atomic E-state index is -0.695. The van der Waals surface area contributed by atoms with Crippen molar-refractivity contribution in [2.75, 3.05) is 89.3 Å². The van der Waals surface area contributed by atoms with Gasteiger partial charge in [-0.05, 0) is 42.8 Å². The molecule has 0 aliphatic carbocycles. The van der Waals surface area contributed by atoms with Crippen LogP contribution >= 0.6 is 23.2 Å². The average Bonchev–Trinajstić information content (AvgIpc) is 3.73. The molecule has 6 aliphatic heterocycles. The molecule has 16 nitrogen and oxygen atoms in total. The van der Waals surface area contributed by atoms with Crippen LogP contribution in [0.2, 0.25) is 10.0 Å². The number of rotatable bonds is 6. The van der Waals surface area contributed by atoms with E-state index in [1.165, 1.54) is 9.80 Å². The lowest BCUT2D eigenvalue weighted by Crippen LogP contribution is -2.65. The van der Waals surface area contributed by atoms with E-state index in [1.807, 2.05) is 58.3 Å². The van der Waals surface area contributed by atoms with E-state index in [1.54, 1.807) is 14.1 Å². The number of hydrogen-bond donors (Lipinski definition) is 2. The van der Waals surface area contributed by atoms with Gasteiger partial charge in [0.2, 0.25) is 0 Å². The lowest BCUT2D eigenvalue weighted by molar-refractivity contribution is -0.127. The first kappa shape index (κ1) is 35.1. The number of halogens is 2. The van der Waals surface area contributed by atoms with Crippen LogP contribution in [0.1, 0.15) is 6.42 Å². The summed E-state index contributed by atoms with van der Waals surface area (Å²) in [5.41, 5.74) is 2.10. The molecule has 0 radical (unpaired) electrons. The summed E-state index contributed by atoms with van der Waals surface area (Å²) in [5.74, 6) is 0.576. The van der Waals surface area contributed by atoms with Crippen LogP contribution in [-0.2, 0) is 9.59 Å². The number of amides is 6. The molecule has 4 atom stereocenters. The molecule has 2 aromatic rings. The molecule has 0 spiro atoms. The van der Waals surface area contributed by atoms with Gasteiger partial charge in [0.25, 0.3) is 11.8 Å². The van der Waals surface area contributed by atoms with Gasteiger partial charge in [0.05, 0.1) is 0 Å². The molecule has 0 bridgehead atoms. The molecule has 4 saturated heterocycles. The van der Waals surface area contributed by atoms with Gasteiger partial charge in [0.15, 0.2) is 36.3 Å². The molecule has 4 unspecified atom stereocenters. The predicted molar refractivity (Wildman–Crippen MR) is 201 cm³/mol. The summed E-state index contributed by atoms with van der Waals surface area (Å²) in [7, 11) is 3.31. The number of aliphatic imine (C=N–C) groups is 2. The smallest absolute Gasteiger partial charge is 0.325 e. The Morgan fingerprint density at radius 2 is 0.981 bits per heavy atom. The largest absolute Gasteiger partial charge is 0.368 e. The van der Waals surface area contributed by atoms with Crippen molar-refractivity contribution in [1.82, 2.24) is 40.0 Å². The molecular formula is C35H42Cl2N12O4. The highest BCUT2D eigenvalue weighted by molar-refractivity contribution is 6.31. The Hall–Kier alpha value is -4.96. The van der Waals surface area contributed by atoms with Gasteiger partial charge in [-0.3, -0.25) is 20.2 Å². The number of anilines is 2. The third-order valence-corrected chi connectivity index (χ3v) is 11.4. The fourth-order valence-electron chi connectivity index (χ4n) is 8.11. The number of guanidine groups is 2. The average molecular weight is 766 g/mol. The number of piperazine rings is 2. The highest BCUT2D eigenvalue weighted by Crippen LogP contribution is 2.30. The van der Waals surface area contributed by atoms with Crippen molar-refractivity contribution in [3.63, 3.8) is 0 Å². The van der Waals surface area contributed by atoms with E-state index in [-0.39, 0.29) is 11.8 Å². The standard InChI is InChI=1S/C35H42Cl2N12O4/c1-42-28-26(30(50)40-34(42)52)48(32(38-28)46-16-12-44(13-17-46)24-8-3-6-22(36)20-24)10-5-11-49-27-29(43(2)35(53)41-31(27)51)39-33(49)47-18-14-45(15-19-47)25-9-4-7-23(37)21-25/h3-4,6-9,20-21,26-29H,5,10-19H2,1-2H3,(H,40,50,52)(H,41,51,53). The number of urea groups is 2. The zero-order valence-corrected chi connectivity index (χ0v) is 31.1. The summed E-state index contributed by atoms with van der Waals surface area (Å²) in [6, 6.07) is 13.2. The normalized spacial score (nSPS) is 26.1. The van der Waals surface area contributed by atoms with Crippen LogP contribution in [0.3, 0.4) is 0 Å². The fraction of sp³-hybridized carbons (Fsp3) is 0.486. The van der Waals surface area contributed by atoms with Crippen molar-refractivity contribution in [3.8, 4) is 0 Å². The van der Waals surface area contributed by atoms with Gasteiger partial charge in [0.1, 0.15) is 0 Å². The number of hydrogen-bond acceptors (Lipinski definition) is 12. The second kappa shape index (κ2) is 14.1. The number of nitrogens with one attached hydrogen (secondary N) is 2. The molecule has 0 saturated carbocycles. The summed E-state index contributed by atoms with van der Waals surface area (Å²) in [4.78, 5) is 78.0. The van der Waals surface area contributed by atoms with E-state index >= 15 is 0 Å². The summed E-state index contributed by atoms with van der Waals surface area (Å²) < 4.78 is 0. The van der Waals surface area contributed by atoms with Crippen molar-refractivity contribution < 1.29 is 19.2 Å². The van der Waals surface area contributed by atoms with Gasteiger partial charge < -0.3 is 39.2 Å². The van der Waals surface area contributed by atoms with E-state index in [0.29, 0.717) is 67.7 Å². The van der Waals surface area contributed by atoms with Gasteiger partial charge in [-0.15, -0.1) is 0 Å². The van der Waals surface area contributed by atoms with E-state index in [2.05, 4.69) is 30.2 Å². The maximum absolute atomic E-state index is 13.4. The molecule has 18 heteroatoms. The van der Waals surface area contributed by atoms with Crippen LogP contribution in [0.4, 0.5) is 21.0 Å². The summed E-state index contributed by atoms with van der Waals surface area (Å²) in [6.45, 7) is 6.43. The molecule has 6 heterocycles. The zero-order chi connectivity index (χ0) is 37.0. The molecule has 2 aromatic carbocycles. The lowest BCUT2D eigenvalue weighted by atomic mass is 10.1. The first-order chi connectivity index (χ1) is 25.6. The highest BCUT2D eigenvalue weighted by Gasteiger charge is 2.52. The molecule has 0 aromatic heterocycles. The molecule has 8 rings (SSSR count). The Bertz CT molecular complexity index is 1730. The third-order valence-electron chi connectivity index (χ3n) is 10.9. The maximum Gasteiger partial charge on any atom is 0.325 e. The molecule has 2 N–H and O–H groups in total. The Kier molecular flexibility index (Phi) is 9.35. The number of likely N-dealkylation sites (N-methyl/N-ethyl adjacent to an activating group) is 2. The van der Waals surface area contributed by atoms with E-state index < -0.39 is 36.5 Å². The minimum Gasteiger partial charge on any atom is -0.368 e. The van der Waals surface area contributed by atoms with Crippen LogP contribution < -0.4 is 20.4 Å². The first-order valence-corrected chi connectivity index (χ1v) is 18.7. The van der Waals surface area contributed by atoms with Crippen LogP contribution in [-0.4, -0.2) is 169 Å². The van der Waals surface area contributed by atoms with Gasteiger partial charge in [-0.25, -0.2) is 19.6 Å². The van der Waals surface area contributed by atoms with Crippen molar-refractivity contribution in [1.29, 1.82) is 0 Å². The quantitative estimate of drug-likeness (QED) is 0.444. The van der Waals surface area contributed by atoms with Crippen LogP contribution in [0.15, 0.2) is 58.5 Å². The minimum absolute atomic E-state index is 0.387. The van der Waals surface area contributed by atoms with Gasteiger partial charge in [-0.1, -0.05) is 35.3 Å². The van der Waals surface area contributed by atoms with Crippen molar-refractivity contribution in [3.05, 3.63) is 58.6 Å². The van der Waals surface area contributed by atoms with Gasteiger partial charge in [0, 0.05) is 101 Å². The van der Waals surface area contributed by atoms with Crippen molar-refractivity contribution >= 4 is 70.4 Å². The SMILES string of the molecule is CN1C(=O)NC(=O)C2C1N=C(N1CCN(c3cccc(Cl)c3)CC1)N2CCCN1C(N2CCN(c3cccc(Cl)c3)CC2)=NC2C1C(=O)NC(=O)N2C. The molecule has 6 aliphatic rings. The Morgan fingerprint density at radius 3 is 1.36 bits per heavy atom. The molecule has 280 valence electrons. The molecule has 4 fully saturated rings. The third kappa shape index (κ3) is 6.51. The number of carbonyl (C=O) groups excluding carboxylic acids is 4. The van der Waals surface area contributed by atoms with Gasteiger partial charge >= 0.3 is 12.1 Å². The number of fused-ring (bicyclic) bond motifs is 2. The maximum atomic E-state index is 13.4. The van der Waals surface area contributed by atoms with Crippen LogP contribution in [0.25, 0.3) is 0 Å². The monoisotopic (exact) mass is 764 g/mol. The number of imide groups is 2. The van der Waals surface area contributed by atoms with Crippen LogP contribution in [0.5, 0.6) is 0 Å². The molecule has 6 amide bonds. The van der Waals surface area contributed by atoms with Gasteiger partial charge in [-0.2, -0.15) is 0 Å². The van der Waals surface area contributed by atoms with E-state index in [9.17, 15) is 19.2 Å². The first-order valence-electron chi connectivity index (χ1n) is 17.9. The number of benzene rings is 2. The predicted octanol–water partition coefficient (Wildman–Crippen LogP) is 1.42. The van der Waals surface area contributed by atoms with Crippen molar-refractivity contribution in [2.24, 2.45) is 9.98 Å². The van der Waals surface area contributed by atoms with Crippen LogP contribution in [0, 0.1) is 0 Å². The second-order valence-electron chi connectivity index (χ2n) is 14.0.